The molecule has 1 aliphatic heterocycles. The van der Waals surface area contributed by atoms with E-state index in [1.807, 2.05) is 38.1 Å². The monoisotopic (exact) mass is 366 g/mol. The van der Waals surface area contributed by atoms with Crippen LogP contribution < -0.4 is 21.3 Å². The molecule has 0 aromatic heterocycles. The molecule has 0 saturated carbocycles. The van der Waals surface area contributed by atoms with E-state index in [4.69, 9.17) is 17.3 Å². The van der Waals surface area contributed by atoms with Gasteiger partial charge in [0.1, 0.15) is 0 Å². The van der Waals surface area contributed by atoms with Crippen molar-refractivity contribution in [2.24, 2.45) is 11.7 Å². The molecular formula is C18H27ClN4O2. The number of nitrogens with one attached hydrogen (secondary N) is 2. The van der Waals surface area contributed by atoms with Crippen molar-refractivity contribution in [3.05, 3.63) is 29.3 Å². The first-order chi connectivity index (χ1) is 11.9. The highest BCUT2D eigenvalue weighted by molar-refractivity contribution is 6.33. The summed E-state index contributed by atoms with van der Waals surface area (Å²) in [7, 11) is 0. The lowest BCUT2D eigenvalue weighted by Crippen LogP contribution is -2.52. The zero-order valence-electron chi connectivity index (χ0n) is 14.8. The lowest BCUT2D eigenvalue weighted by atomic mass is 10.0. The van der Waals surface area contributed by atoms with Gasteiger partial charge in [-0.25, -0.2) is 0 Å². The smallest absolute Gasteiger partial charge is 0.239 e. The van der Waals surface area contributed by atoms with Crippen molar-refractivity contribution in [3.63, 3.8) is 0 Å². The van der Waals surface area contributed by atoms with Crippen molar-refractivity contribution in [2.75, 3.05) is 24.5 Å². The van der Waals surface area contributed by atoms with E-state index in [-0.39, 0.29) is 30.3 Å². The lowest BCUT2D eigenvalue weighted by molar-refractivity contribution is -0.127. The molecule has 6 nitrogen and oxygen atoms in total. The average Bonchev–Trinajstić information content (AvgIpc) is 2.59. The van der Waals surface area contributed by atoms with Crippen LogP contribution in [0, 0.1) is 5.92 Å². The van der Waals surface area contributed by atoms with Gasteiger partial charge in [0, 0.05) is 19.1 Å². The van der Waals surface area contributed by atoms with Crippen LogP contribution in [0.5, 0.6) is 0 Å². The predicted molar refractivity (Wildman–Crippen MR) is 101 cm³/mol. The second kappa shape index (κ2) is 9.06. The van der Waals surface area contributed by atoms with Crippen LogP contribution in [0.2, 0.25) is 5.02 Å². The van der Waals surface area contributed by atoms with E-state index >= 15 is 0 Å². The van der Waals surface area contributed by atoms with Gasteiger partial charge in [-0.1, -0.05) is 37.6 Å². The molecule has 2 atom stereocenters. The fourth-order valence-corrected chi connectivity index (χ4v) is 3.14. The fourth-order valence-electron chi connectivity index (χ4n) is 2.89. The van der Waals surface area contributed by atoms with Gasteiger partial charge in [-0.3, -0.25) is 9.59 Å². The predicted octanol–water partition coefficient (Wildman–Crippen LogP) is 1.52. The van der Waals surface area contributed by atoms with Crippen molar-refractivity contribution >= 4 is 29.1 Å². The first kappa shape index (κ1) is 19.5. The van der Waals surface area contributed by atoms with E-state index < -0.39 is 6.04 Å². The summed E-state index contributed by atoms with van der Waals surface area (Å²) in [4.78, 5) is 26.1. The molecule has 1 aliphatic rings. The topological polar surface area (TPSA) is 87.5 Å². The third kappa shape index (κ3) is 5.61. The SMILES string of the molecule is CC(C)[C@H](N)C(=O)NCC(=O)NC1CCCN(c2ccccc2Cl)C1. The van der Waals surface area contributed by atoms with Gasteiger partial charge < -0.3 is 21.3 Å². The quantitative estimate of drug-likeness (QED) is 0.712. The minimum absolute atomic E-state index is 0.0329. The highest BCUT2D eigenvalue weighted by Crippen LogP contribution is 2.27. The molecule has 1 aromatic rings. The van der Waals surface area contributed by atoms with Crippen molar-refractivity contribution in [2.45, 2.75) is 38.8 Å². The largest absolute Gasteiger partial charge is 0.368 e. The lowest BCUT2D eigenvalue weighted by Gasteiger charge is -2.35. The van der Waals surface area contributed by atoms with Gasteiger partial charge in [0.2, 0.25) is 11.8 Å². The second-order valence-electron chi connectivity index (χ2n) is 6.79. The molecule has 2 rings (SSSR count). The standard InChI is InChI=1S/C18H27ClN4O2/c1-12(2)17(20)18(25)21-10-16(24)22-13-6-5-9-23(11-13)15-8-4-3-7-14(15)19/h3-4,7-8,12-13,17H,5-6,9-11,20H2,1-2H3,(H,21,25)(H,22,24)/t13?,17-/m0/s1. The number of nitrogens with two attached hydrogens (primary N) is 1. The Morgan fingerprint density at radius 2 is 2.08 bits per heavy atom. The number of hydrogen-bond acceptors (Lipinski definition) is 4. The molecule has 0 aliphatic carbocycles. The average molecular weight is 367 g/mol. The molecule has 0 radical (unpaired) electrons. The third-order valence-corrected chi connectivity index (χ3v) is 4.74. The molecule has 1 fully saturated rings. The number of carbonyl (C=O) groups excluding carboxylic acids is 2. The number of piperidine rings is 1. The molecular weight excluding hydrogens is 340 g/mol. The molecule has 0 bridgehead atoms. The molecule has 1 aromatic carbocycles. The van der Waals surface area contributed by atoms with Gasteiger partial charge in [0.15, 0.2) is 0 Å². The molecule has 4 N–H and O–H groups in total. The summed E-state index contributed by atoms with van der Waals surface area (Å²) in [6.07, 6.45) is 1.88. The maximum Gasteiger partial charge on any atom is 0.239 e. The van der Waals surface area contributed by atoms with Gasteiger partial charge in [-0.2, -0.15) is 0 Å². The minimum Gasteiger partial charge on any atom is -0.368 e. The Kier molecular flexibility index (Phi) is 7.08. The molecule has 2 amide bonds. The summed E-state index contributed by atoms with van der Waals surface area (Å²) in [5.41, 5.74) is 6.75. The summed E-state index contributed by atoms with van der Waals surface area (Å²) >= 11 is 6.26. The van der Waals surface area contributed by atoms with E-state index in [0.717, 1.165) is 25.1 Å². The maximum absolute atomic E-state index is 12.1. The number of halogens is 1. The van der Waals surface area contributed by atoms with Crippen LogP contribution in [-0.4, -0.2) is 43.5 Å². The Hall–Kier alpha value is -1.79. The molecule has 25 heavy (non-hydrogen) atoms. The third-order valence-electron chi connectivity index (χ3n) is 4.42. The maximum atomic E-state index is 12.1. The number of hydrogen-bond donors (Lipinski definition) is 3. The summed E-state index contributed by atoms with van der Waals surface area (Å²) in [6.45, 7) is 5.30. The Labute approximate surface area is 154 Å². The minimum atomic E-state index is -0.599. The summed E-state index contributed by atoms with van der Waals surface area (Å²) in [5.74, 6) is -0.465. The van der Waals surface area contributed by atoms with E-state index in [1.165, 1.54) is 0 Å². The van der Waals surface area contributed by atoms with Gasteiger partial charge in [0.25, 0.3) is 0 Å². The molecule has 7 heteroatoms. The molecule has 1 heterocycles. The van der Waals surface area contributed by atoms with Gasteiger partial charge >= 0.3 is 0 Å². The summed E-state index contributed by atoms with van der Waals surface area (Å²) in [6, 6.07) is 7.15. The van der Waals surface area contributed by atoms with Crippen LogP contribution in [0.25, 0.3) is 0 Å². The van der Waals surface area contributed by atoms with Crippen molar-refractivity contribution in [3.8, 4) is 0 Å². The highest BCUT2D eigenvalue weighted by Gasteiger charge is 2.23. The number of nitrogens with zero attached hydrogens (tertiary/aromatic N) is 1. The number of carbonyl (C=O) groups is 2. The number of para-hydroxylation sites is 1. The zero-order valence-corrected chi connectivity index (χ0v) is 15.6. The Morgan fingerprint density at radius 3 is 2.76 bits per heavy atom. The summed E-state index contributed by atoms with van der Waals surface area (Å²) < 4.78 is 0. The van der Waals surface area contributed by atoms with E-state index in [0.29, 0.717) is 11.6 Å². The van der Waals surface area contributed by atoms with Crippen LogP contribution in [0.1, 0.15) is 26.7 Å². The van der Waals surface area contributed by atoms with Crippen LogP contribution in [0.3, 0.4) is 0 Å². The normalized spacial score (nSPS) is 18.8. The van der Waals surface area contributed by atoms with E-state index in [9.17, 15) is 9.59 Å². The Balaban J connectivity index is 1.83. The van der Waals surface area contributed by atoms with Crippen molar-refractivity contribution < 1.29 is 9.59 Å². The van der Waals surface area contributed by atoms with E-state index in [1.54, 1.807) is 0 Å². The van der Waals surface area contributed by atoms with Crippen molar-refractivity contribution in [1.82, 2.24) is 10.6 Å². The number of rotatable bonds is 6. The molecule has 1 saturated heterocycles. The van der Waals surface area contributed by atoms with Crippen molar-refractivity contribution in [1.29, 1.82) is 0 Å². The Morgan fingerprint density at radius 1 is 1.36 bits per heavy atom. The second-order valence-corrected chi connectivity index (χ2v) is 7.20. The van der Waals surface area contributed by atoms with E-state index in [2.05, 4.69) is 15.5 Å². The first-order valence-electron chi connectivity index (χ1n) is 8.70. The molecule has 0 spiro atoms. The van der Waals surface area contributed by atoms with Crippen LogP contribution >= 0.6 is 11.6 Å². The highest BCUT2D eigenvalue weighted by atomic mass is 35.5. The number of anilines is 1. The fraction of sp³-hybridized carbons (Fsp3) is 0.556. The molecule has 138 valence electrons. The number of benzene rings is 1. The van der Waals surface area contributed by atoms with Gasteiger partial charge in [-0.05, 0) is 30.9 Å². The number of amides is 2. The summed E-state index contributed by atoms with van der Waals surface area (Å²) in [5, 5.41) is 6.29. The van der Waals surface area contributed by atoms with Crippen LogP contribution in [0.4, 0.5) is 5.69 Å². The zero-order chi connectivity index (χ0) is 18.4. The van der Waals surface area contributed by atoms with Crippen LogP contribution in [-0.2, 0) is 9.59 Å². The van der Waals surface area contributed by atoms with Gasteiger partial charge in [-0.15, -0.1) is 0 Å². The Bertz CT molecular complexity index is 608. The van der Waals surface area contributed by atoms with Crippen LogP contribution in [0.15, 0.2) is 24.3 Å². The first-order valence-corrected chi connectivity index (χ1v) is 9.08. The van der Waals surface area contributed by atoms with Gasteiger partial charge in [0.05, 0.1) is 23.3 Å². The molecule has 1 unspecified atom stereocenters.